The molecule has 1 aliphatic heterocycles. The molecular weight excluding hydrogens is 136 g/mol. The minimum atomic E-state index is 0.720. The molecule has 11 heavy (non-hydrogen) atoms. The van der Waals surface area contributed by atoms with Crippen molar-refractivity contribution in [2.45, 2.75) is 25.8 Å². The Morgan fingerprint density at radius 2 is 2.09 bits per heavy atom. The largest absolute Gasteiger partial charge is 0.314 e. The monoisotopic (exact) mass is 155 g/mol. The molecule has 1 saturated heterocycles. The number of piperazine rings is 1. The second kappa shape index (κ2) is 4.73. The van der Waals surface area contributed by atoms with Crippen LogP contribution < -0.4 is 5.32 Å². The number of hydrogen-bond acceptors (Lipinski definition) is 2. The molecular formula is C9H19N2. The maximum Gasteiger partial charge on any atom is 0.0110 e. The molecule has 1 N–H and O–H groups in total. The second-order valence-electron chi connectivity index (χ2n) is 3.14. The molecule has 0 saturated carbocycles. The normalized spacial score (nSPS) is 21.0. The molecule has 0 aromatic carbocycles. The molecule has 1 aliphatic rings. The van der Waals surface area contributed by atoms with Gasteiger partial charge in [0.25, 0.3) is 0 Å². The maximum absolute atomic E-state index is 3.97. The molecule has 2 nitrogen and oxygen atoms in total. The highest BCUT2D eigenvalue weighted by molar-refractivity contribution is 4.75. The van der Waals surface area contributed by atoms with E-state index in [-0.39, 0.29) is 0 Å². The summed E-state index contributed by atoms with van der Waals surface area (Å²) in [5.74, 6) is 0. The highest BCUT2D eigenvalue weighted by Crippen LogP contribution is 2.08. The van der Waals surface area contributed by atoms with Gasteiger partial charge in [0.1, 0.15) is 0 Å². The highest BCUT2D eigenvalue weighted by atomic mass is 15.2. The average molecular weight is 155 g/mol. The topological polar surface area (TPSA) is 15.3 Å². The van der Waals surface area contributed by atoms with Crippen molar-refractivity contribution >= 4 is 0 Å². The van der Waals surface area contributed by atoms with Gasteiger partial charge in [-0.05, 0) is 12.8 Å². The summed E-state index contributed by atoms with van der Waals surface area (Å²) in [5.41, 5.74) is 0. The molecule has 0 amide bonds. The van der Waals surface area contributed by atoms with Crippen molar-refractivity contribution in [1.82, 2.24) is 10.2 Å². The average Bonchev–Trinajstić information content (AvgIpc) is 2.09. The van der Waals surface area contributed by atoms with Gasteiger partial charge in [0.2, 0.25) is 0 Å². The fraction of sp³-hybridized carbons (Fsp3) is 0.889. The molecule has 1 rings (SSSR count). The van der Waals surface area contributed by atoms with E-state index in [1.54, 1.807) is 0 Å². The van der Waals surface area contributed by atoms with Crippen LogP contribution in [0.1, 0.15) is 19.8 Å². The first-order valence-electron chi connectivity index (χ1n) is 4.62. The lowest BCUT2D eigenvalue weighted by Crippen LogP contribution is -2.48. The van der Waals surface area contributed by atoms with Gasteiger partial charge in [-0.1, -0.05) is 13.8 Å². The maximum atomic E-state index is 3.97. The molecule has 0 bridgehead atoms. The Bertz CT molecular complexity index is 93.7. The third-order valence-corrected chi connectivity index (χ3v) is 2.47. The zero-order valence-electron chi connectivity index (χ0n) is 7.47. The molecule has 1 unspecified atom stereocenters. The summed E-state index contributed by atoms with van der Waals surface area (Å²) in [7, 11) is 0. The van der Waals surface area contributed by atoms with E-state index in [0.717, 1.165) is 25.6 Å². The molecule has 1 heterocycles. The number of rotatable bonds is 3. The first-order valence-corrected chi connectivity index (χ1v) is 4.62. The molecule has 0 aromatic heterocycles. The van der Waals surface area contributed by atoms with Crippen molar-refractivity contribution < 1.29 is 0 Å². The predicted molar refractivity (Wildman–Crippen MR) is 48.5 cm³/mol. The van der Waals surface area contributed by atoms with E-state index in [4.69, 9.17) is 0 Å². The minimum absolute atomic E-state index is 0.720. The first-order chi connectivity index (χ1) is 5.38. The zero-order chi connectivity index (χ0) is 8.10. The summed E-state index contributed by atoms with van der Waals surface area (Å²) in [5, 5.41) is 3.36. The van der Waals surface area contributed by atoms with Crippen molar-refractivity contribution in [3.63, 3.8) is 0 Å². The second-order valence-corrected chi connectivity index (χ2v) is 3.14. The van der Waals surface area contributed by atoms with E-state index in [1.807, 2.05) is 0 Å². The third kappa shape index (κ3) is 2.46. The quantitative estimate of drug-likeness (QED) is 0.651. The van der Waals surface area contributed by atoms with Gasteiger partial charge >= 0.3 is 0 Å². The van der Waals surface area contributed by atoms with Crippen molar-refractivity contribution in [2.24, 2.45) is 0 Å². The molecule has 1 fully saturated rings. The number of nitrogens with one attached hydrogen (secondary N) is 1. The standard InChI is InChI=1S/C9H19N2/c1-3-9(4-2)11-7-5-10-6-8-11/h9-10H,1,3-8H2,2H3. The lowest BCUT2D eigenvalue weighted by atomic mass is 10.1. The highest BCUT2D eigenvalue weighted by Gasteiger charge is 2.16. The summed E-state index contributed by atoms with van der Waals surface area (Å²) >= 11 is 0. The van der Waals surface area contributed by atoms with Crippen molar-refractivity contribution in [3.05, 3.63) is 6.92 Å². The molecule has 2 heteroatoms. The lowest BCUT2D eigenvalue weighted by Gasteiger charge is -2.33. The van der Waals surface area contributed by atoms with Crippen LogP contribution in [0.4, 0.5) is 0 Å². The van der Waals surface area contributed by atoms with Gasteiger partial charge in [0.15, 0.2) is 0 Å². The zero-order valence-corrected chi connectivity index (χ0v) is 7.47. The van der Waals surface area contributed by atoms with E-state index in [1.165, 1.54) is 19.5 Å². The van der Waals surface area contributed by atoms with Crippen LogP contribution in [-0.4, -0.2) is 37.1 Å². The predicted octanol–water partition coefficient (Wildman–Crippen LogP) is 0.894. The van der Waals surface area contributed by atoms with E-state index < -0.39 is 0 Å². The van der Waals surface area contributed by atoms with Gasteiger partial charge in [0, 0.05) is 32.2 Å². The molecule has 0 aliphatic carbocycles. The van der Waals surface area contributed by atoms with E-state index in [9.17, 15) is 0 Å². The van der Waals surface area contributed by atoms with Gasteiger partial charge < -0.3 is 5.32 Å². The molecule has 65 valence electrons. The number of nitrogens with zero attached hydrogens (tertiary/aromatic N) is 1. The van der Waals surface area contributed by atoms with Gasteiger partial charge in [-0.25, -0.2) is 0 Å². The Balaban J connectivity index is 2.30. The fourth-order valence-electron chi connectivity index (χ4n) is 1.69. The molecule has 1 atom stereocenters. The van der Waals surface area contributed by atoms with E-state index >= 15 is 0 Å². The van der Waals surface area contributed by atoms with Crippen LogP contribution in [0.3, 0.4) is 0 Å². The molecule has 0 spiro atoms. The van der Waals surface area contributed by atoms with Gasteiger partial charge in [0.05, 0.1) is 0 Å². The number of hydrogen-bond donors (Lipinski definition) is 1. The Morgan fingerprint density at radius 1 is 1.45 bits per heavy atom. The van der Waals surface area contributed by atoms with E-state index in [2.05, 4.69) is 24.1 Å². The van der Waals surface area contributed by atoms with Crippen LogP contribution in [0, 0.1) is 6.92 Å². The van der Waals surface area contributed by atoms with Gasteiger partial charge in [-0.2, -0.15) is 0 Å². The third-order valence-electron chi connectivity index (χ3n) is 2.47. The smallest absolute Gasteiger partial charge is 0.0110 e. The van der Waals surface area contributed by atoms with Crippen LogP contribution >= 0.6 is 0 Å². The van der Waals surface area contributed by atoms with Crippen molar-refractivity contribution in [3.8, 4) is 0 Å². The summed E-state index contributed by atoms with van der Waals surface area (Å²) in [4.78, 5) is 2.55. The minimum Gasteiger partial charge on any atom is -0.314 e. The lowest BCUT2D eigenvalue weighted by molar-refractivity contribution is 0.169. The van der Waals surface area contributed by atoms with Gasteiger partial charge in [-0.15, -0.1) is 0 Å². The Morgan fingerprint density at radius 3 is 2.55 bits per heavy atom. The Kier molecular flexibility index (Phi) is 3.87. The van der Waals surface area contributed by atoms with Crippen LogP contribution in [0.2, 0.25) is 0 Å². The fourth-order valence-corrected chi connectivity index (χ4v) is 1.69. The van der Waals surface area contributed by atoms with Crippen LogP contribution in [0.5, 0.6) is 0 Å². The van der Waals surface area contributed by atoms with E-state index in [0.29, 0.717) is 0 Å². The van der Waals surface area contributed by atoms with Crippen molar-refractivity contribution in [2.75, 3.05) is 26.2 Å². The summed E-state index contributed by atoms with van der Waals surface area (Å²) in [6.07, 6.45) is 2.29. The van der Waals surface area contributed by atoms with Crippen LogP contribution in [0.15, 0.2) is 0 Å². The van der Waals surface area contributed by atoms with Crippen LogP contribution in [-0.2, 0) is 0 Å². The van der Waals surface area contributed by atoms with Crippen LogP contribution in [0.25, 0.3) is 0 Å². The molecule has 1 radical (unpaired) electrons. The summed E-state index contributed by atoms with van der Waals surface area (Å²) in [6.45, 7) is 10.9. The molecule has 0 aromatic rings. The van der Waals surface area contributed by atoms with Gasteiger partial charge in [-0.3, -0.25) is 4.90 Å². The van der Waals surface area contributed by atoms with Crippen molar-refractivity contribution in [1.29, 1.82) is 0 Å². The Hall–Kier alpha value is -0.0800. The summed E-state index contributed by atoms with van der Waals surface area (Å²) < 4.78 is 0. The Labute approximate surface area is 70.0 Å². The first kappa shape index (κ1) is 9.01. The SMILES string of the molecule is [CH2]CC(CC)N1CCNCC1. The summed E-state index contributed by atoms with van der Waals surface area (Å²) in [6, 6.07) is 0.720.